The van der Waals surface area contributed by atoms with Crippen LogP contribution in [0.5, 0.6) is 0 Å². The van der Waals surface area contributed by atoms with E-state index in [1.54, 1.807) is 0 Å². The van der Waals surface area contributed by atoms with Gasteiger partial charge < -0.3 is 4.57 Å². The summed E-state index contributed by atoms with van der Waals surface area (Å²) >= 11 is 0. The molecule has 110 valence electrons. The molecule has 1 aromatic rings. The monoisotopic (exact) mass is 264 g/mol. The van der Waals surface area contributed by atoms with Crippen molar-refractivity contribution in [3.05, 3.63) is 18.7 Å². The van der Waals surface area contributed by atoms with Crippen molar-refractivity contribution < 1.29 is 0 Å². The number of aryl methyl sites for hydroxylation is 1. The zero-order chi connectivity index (χ0) is 14.0. The van der Waals surface area contributed by atoms with Crippen LogP contribution in [0.4, 0.5) is 0 Å². The van der Waals surface area contributed by atoms with Crippen LogP contribution < -0.4 is 0 Å². The lowest BCUT2D eigenvalue weighted by atomic mass is 9.89. The molecule has 0 bridgehead atoms. The first-order valence-corrected chi connectivity index (χ1v) is 8.04. The lowest BCUT2D eigenvalue weighted by Gasteiger charge is -2.17. The van der Waals surface area contributed by atoms with Crippen LogP contribution in [0.15, 0.2) is 18.7 Å². The van der Waals surface area contributed by atoms with Gasteiger partial charge in [-0.1, -0.05) is 65.7 Å². The Kier molecular flexibility index (Phi) is 7.85. The summed E-state index contributed by atoms with van der Waals surface area (Å²) in [5, 5.41) is 0. The van der Waals surface area contributed by atoms with Crippen molar-refractivity contribution in [2.24, 2.45) is 5.41 Å². The minimum Gasteiger partial charge on any atom is -0.337 e. The van der Waals surface area contributed by atoms with E-state index in [4.69, 9.17) is 0 Å². The first-order valence-electron chi connectivity index (χ1n) is 8.04. The molecule has 0 atom stereocenters. The van der Waals surface area contributed by atoms with E-state index in [1.807, 2.05) is 12.5 Å². The second kappa shape index (κ2) is 9.17. The molecule has 2 heteroatoms. The third kappa shape index (κ3) is 9.75. The van der Waals surface area contributed by atoms with E-state index in [-0.39, 0.29) is 0 Å². The van der Waals surface area contributed by atoms with Gasteiger partial charge in [0.05, 0.1) is 6.33 Å². The molecule has 0 aliphatic heterocycles. The van der Waals surface area contributed by atoms with Crippen molar-refractivity contribution in [3.63, 3.8) is 0 Å². The number of hydrogen-bond acceptors (Lipinski definition) is 1. The molecular weight excluding hydrogens is 232 g/mol. The van der Waals surface area contributed by atoms with Gasteiger partial charge in [-0.25, -0.2) is 4.98 Å². The van der Waals surface area contributed by atoms with E-state index in [0.29, 0.717) is 5.41 Å². The Morgan fingerprint density at radius 2 is 1.42 bits per heavy atom. The average Bonchev–Trinajstić information content (AvgIpc) is 2.83. The molecule has 0 amide bonds. The average molecular weight is 264 g/mol. The number of unbranched alkanes of at least 4 members (excludes halogenated alkanes) is 7. The maximum Gasteiger partial charge on any atom is 0.0945 e. The Hall–Kier alpha value is -0.790. The standard InChI is InChI=1S/C17H32N2/c1-17(2,3)12-10-8-6-4-5-7-9-11-14-19-15-13-18-16-19/h13,15-16H,4-12,14H2,1-3H3. The lowest BCUT2D eigenvalue weighted by Crippen LogP contribution is -2.03. The summed E-state index contributed by atoms with van der Waals surface area (Å²) in [6.07, 6.45) is 18.3. The number of imidazole rings is 1. The molecule has 0 saturated carbocycles. The predicted molar refractivity (Wildman–Crippen MR) is 83.2 cm³/mol. The van der Waals surface area contributed by atoms with Crippen molar-refractivity contribution in [2.75, 3.05) is 0 Å². The molecule has 0 aliphatic carbocycles. The first kappa shape index (κ1) is 16.3. The van der Waals surface area contributed by atoms with Crippen LogP contribution in [-0.4, -0.2) is 9.55 Å². The summed E-state index contributed by atoms with van der Waals surface area (Å²) in [5.41, 5.74) is 0.521. The zero-order valence-corrected chi connectivity index (χ0v) is 13.2. The molecule has 0 unspecified atom stereocenters. The van der Waals surface area contributed by atoms with Gasteiger partial charge in [0.25, 0.3) is 0 Å². The minimum absolute atomic E-state index is 0.521. The third-order valence-corrected chi connectivity index (χ3v) is 3.65. The lowest BCUT2D eigenvalue weighted by molar-refractivity contribution is 0.356. The fourth-order valence-electron chi connectivity index (χ4n) is 2.43. The number of nitrogens with zero attached hydrogens (tertiary/aromatic N) is 2. The van der Waals surface area contributed by atoms with Crippen molar-refractivity contribution in [2.45, 2.75) is 85.1 Å². The van der Waals surface area contributed by atoms with Crippen LogP contribution in [0.3, 0.4) is 0 Å². The van der Waals surface area contributed by atoms with Gasteiger partial charge in [0.1, 0.15) is 0 Å². The molecule has 0 N–H and O–H groups in total. The van der Waals surface area contributed by atoms with Gasteiger partial charge in [0, 0.05) is 18.9 Å². The van der Waals surface area contributed by atoms with E-state index in [0.717, 1.165) is 6.54 Å². The van der Waals surface area contributed by atoms with Crippen LogP contribution >= 0.6 is 0 Å². The predicted octanol–water partition coefficient (Wildman–Crippen LogP) is 5.44. The van der Waals surface area contributed by atoms with Crippen molar-refractivity contribution in [1.82, 2.24) is 9.55 Å². The summed E-state index contributed by atoms with van der Waals surface area (Å²) in [5.74, 6) is 0. The SMILES string of the molecule is CC(C)(C)CCCCCCCCCCn1ccnc1. The molecule has 0 spiro atoms. The Bertz CT molecular complexity index is 296. The molecule has 0 aliphatic rings. The van der Waals surface area contributed by atoms with Crippen LogP contribution in [0.25, 0.3) is 0 Å². The highest BCUT2D eigenvalue weighted by atomic mass is 15.0. The maximum absolute atomic E-state index is 4.06. The van der Waals surface area contributed by atoms with Crippen molar-refractivity contribution in [1.29, 1.82) is 0 Å². The van der Waals surface area contributed by atoms with Gasteiger partial charge in [0.2, 0.25) is 0 Å². The topological polar surface area (TPSA) is 17.8 Å². The normalized spacial score (nSPS) is 11.9. The maximum atomic E-state index is 4.06. The van der Waals surface area contributed by atoms with Crippen LogP contribution in [-0.2, 0) is 6.54 Å². The fraction of sp³-hybridized carbons (Fsp3) is 0.824. The van der Waals surface area contributed by atoms with E-state index in [1.165, 1.54) is 57.8 Å². The smallest absolute Gasteiger partial charge is 0.0945 e. The minimum atomic E-state index is 0.521. The molecule has 0 fully saturated rings. The van der Waals surface area contributed by atoms with Gasteiger partial charge >= 0.3 is 0 Å². The van der Waals surface area contributed by atoms with E-state index in [9.17, 15) is 0 Å². The molecule has 2 nitrogen and oxygen atoms in total. The Morgan fingerprint density at radius 1 is 0.842 bits per heavy atom. The molecular formula is C17H32N2. The summed E-state index contributed by atoms with van der Waals surface area (Å²) in [7, 11) is 0. The van der Waals surface area contributed by atoms with Gasteiger partial charge in [-0.2, -0.15) is 0 Å². The largest absolute Gasteiger partial charge is 0.337 e. The number of rotatable bonds is 10. The number of aromatic nitrogens is 2. The second-order valence-electron chi connectivity index (χ2n) is 6.94. The molecule has 1 rings (SSSR count). The second-order valence-corrected chi connectivity index (χ2v) is 6.94. The summed E-state index contributed by atoms with van der Waals surface area (Å²) < 4.78 is 2.17. The van der Waals surface area contributed by atoms with E-state index < -0.39 is 0 Å². The van der Waals surface area contributed by atoms with Crippen LogP contribution in [0.1, 0.15) is 78.6 Å². The highest BCUT2D eigenvalue weighted by Gasteiger charge is 2.08. The van der Waals surface area contributed by atoms with Crippen LogP contribution in [0, 0.1) is 5.41 Å². The van der Waals surface area contributed by atoms with Crippen LogP contribution in [0.2, 0.25) is 0 Å². The molecule has 0 aromatic carbocycles. The van der Waals surface area contributed by atoms with Gasteiger partial charge in [0.15, 0.2) is 0 Å². The fourth-order valence-corrected chi connectivity index (χ4v) is 2.43. The Balaban J connectivity index is 1.79. The molecule has 0 radical (unpaired) electrons. The highest BCUT2D eigenvalue weighted by Crippen LogP contribution is 2.22. The van der Waals surface area contributed by atoms with E-state index in [2.05, 4.69) is 36.5 Å². The molecule has 0 saturated heterocycles. The molecule has 19 heavy (non-hydrogen) atoms. The third-order valence-electron chi connectivity index (χ3n) is 3.65. The summed E-state index contributed by atoms with van der Waals surface area (Å²) in [6, 6.07) is 0. The zero-order valence-electron chi connectivity index (χ0n) is 13.2. The van der Waals surface area contributed by atoms with Crippen molar-refractivity contribution >= 4 is 0 Å². The quantitative estimate of drug-likeness (QED) is 0.514. The Morgan fingerprint density at radius 3 is 1.95 bits per heavy atom. The van der Waals surface area contributed by atoms with Gasteiger partial charge in [-0.3, -0.25) is 0 Å². The summed E-state index contributed by atoms with van der Waals surface area (Å²) in [4.78, 5) is 4.06. The Labute approximate surface area is 119 Å². The van der Waals surface area contributed by atoms with E-state index >= 15 is 0 Å². The van der Waals surface area contributed by atoms with Crippen molar-refractivity contribution in [3.8, 4) is 0 Å². The molecule has 1 heterocycles. The number of hydrogen-bond donors (Lipinski definition) is 0. The van der Waals surface area contributed by atoms with Gasteiger partial charge in [-0.15, -0.1) is 0 Å². The van der Waals surface area contributed by atoms with Gasteiger partial charge in [-0.05, 0) is 18.3 Å². The first-order chi connectivity index (χ1) is 9.08. The summed E-state index contributed by atoms with van der Waals surface area (Å²) in [6.45, 7) is 8.15. The molecule has 1 aromatic heterocycles. The highest BCUT2D eigenvalue weighted by molar-refractivity contribution is 4.73.